The smallest absolute Gasteiger partial charge is 0.303 e. The number of pyridine rings is 1. The number of carboxylic acid groups (broad SMARTS) is 1. The molecular formula is C21H15BrN4O2. The average Bonchev–Trinajstić information content (AvgIpc) is 3.06. The van der Waals surface area contributed by atoms with Gasteiger partial charge in [-0.3, -0.25) is 14.3 Å². The second kappa shape index (κ2) is 7.41. The first kappa shape index (κ1) is 18.1. The summed E-state index contributed by atoms with van der Waals surface area (Å²) in [6.45, 7) is 0. The molecule has 0 saturated carbocycles. The average molecular weight is 435 g/mol. The molecule has 4 rings (SSSR count). The van der Waals surface area contributed by atoms with Crippen LogP contribution in [0, 0.1) is 11.3 Å². The normalized spacial score (nSPS) is 11.0. The van der Waals surface area contributed by atoms with Crippen LogP contribution in [0.5, 0.6) is 0 Å². The van der Waals surface area contributed by atoms with E-state index in [4.69, 9.17) is 10.4 Å². The number of rotatable bonds is 5. The summed E-state index contributed by atoms with van der Waals surface area (Å²) >= 11 is 3.52. The number of nitriles is 1. The van der Waals surface area contributed by atoms with E-state index in [-0.39, 0.29) is 6.42 Å². The Bertz CT molecular complexity index is 1240. The number of aromatic nitrogens is 3. The van der Waals surface area contributed by atoms with Crippen molar-refractivity contribution in [2.24, 2.45) is 0 Å². The minimum Gasteiger partial charge on any atom is -0.481 e. The van der Waals surface area contributed by atoms with Gasteiger partial charge in [-0.1, -0.05) is 28.1 Å². The van der Waals surface area contributed by atoms with E-state index in [2.05, 4.69) is 32.0 Å². The molecular weight excluding hydrogens is 420 g/mol. The Hall–Kier alpha value is -3.24. The van der Waals surface area contributed by atoms with E-state index < -0.39 is 5.97 Å². The second-order valence-corrected chi connectivity index (χ2v) is 7.33. The van der Waals surface area contributed by atoms with Crippen molar-refractivity contribution in [3.8, 4) is 11.8 Å². The zero-order valence-corrected chi connectivity index (χ0v) is 16.3. The number of carboxylic acids is 1. The molecule has 0 fully saturated rings. The van der Waals surface area contributed by atoms with Gasteiger partial charge in [-0.2, -0.15) is 5.26 Å². The molecule has 0 aliphatic heterocycles. The summed E-state index contributed by atoms with van der Waals surface area (Å²) in [4.78, 5) is 20.3. The number of nitrogens with zero attached hydrogens (tertiary/aromatic N) is 4. The van der Waals surface area contributed by atoms with Gasteiger partial charge in [0.05, 0.1) is 36.1 Å². The van der Waals surface area contributed by atoms with Crippen LogP contribution in [-0.2, 0) is 17.6 Å². The van der Waals surface area contributed by atoms with Crippen LogP contribution in [0.3, 0.4) is 0 Å². The van der Waals surface area contributed by atoms with E-state index in [1.807, 2.05) is 47.0 Å². The molecule has 2 heterocycles. The Morgan fingerprint density at radius 3 is 2.68 bits per heavy atom. The molecule has 7 heteroatoms. The van der Waals surface area contributed by atoms with E-state index in [0.717, 1.165) is 32.1 Å². The minimum atomic E-state index is -0.867. The van der Waals surface area contributed by atoms with Crippen molar-refractivity contribution in [1.82, 2.24) is 14.5 Å². The lowest BCUT2D eigenvalue weighted by atomic mass is 10.1. The van der Waals surface area contributed by atoms with Crippen molar-refractivity contribution in [3.05, 3.63) is 64.5 Å². The zero-order valence-electron chi connectivity index (χ0n) is 14.8. The summed E-state index contributed by atoms with van der Waals surface area (Å²) in [5, 5.41) is 19.0. The molecule has 0 aliphatic carbocycles. The molecule has 4 aromatic rings. The first-order valence-electron chi connectivity index (χ1n) is 8.70. The van der Waals surface area contributed by atoms with Crippen LogP contribution >= 0.6 is 15.9 Å². The highest BCUT2D eigenvalue weighted by Crippen LogP contribution is 2.30. The Morgan fingerprint density at radius 2 is 1.96 bits per heavy atom. The fourth-order valence-electron chi connectivity index (χ4n) is 3.29. The molecule has 0 amide bonds. The number of halogens is 1. The topological polar surface area (TPSA) is 91.8 Å². The van der Waals surface area contributed by atoms with Gasteiger partial charge in [-0.05, 0) is 35.9 Å². The largest absolute Gasteiger partial charge is 0.481 e. The van der Waals surface area contributed by atoms with Gasteiger partial charge in [0, 0.05) is 22.0 Å². The Labute approximate surface area is 169 Å². The summed E-state index contributed by atoms with van der Waals surface area (Å²) in [7, 11) is 0. The maximum atomic E-state index is 11.1. The summed E-state index contributed by atoms with van der Waals surface area (Å²) in [5.74, 6) is -0.201. The second-order valence-electron chi connectivity index (χ2n) is 6.41. The quantitative estimate of drug-likeness (QED) is 0.501. The van der Waals surface area contributed by atoms with Gasteiger partial charge in [0.2, 0.25) is 0 Å². The Balaban J connectivity index is 1.98. The predicted molar refractivity (Wildman–Crippen MR) is 109 cm³/mol. The molecule has 6 nitrogen and oxygen atoms in total. The molecule has 0 radical (unpaired) electrons. The van der Waals surface area contributed by atoms with Gasteiger partial charge >= 0.3 is 5.97 Å². The number of hydrogen-bond acceptors (Lipinski definition) is 4. The molecule has 0 unspecified atom stereocenters. The standard InChI is InChI=1S/C21H15BrN4O2/c22-14-3-6-17-16(11-14)21-18(12-24-17)25-19(7-8-20(27)28)26(21)15-4-1-13(2-5-15)9-10-23/h1-6,11-12H,7-9H2,(H,27,28). The van der Waals surface area contributed by atoms with Crippen LogP contribution in [0.2, 0.25) is 0 Å². The number of carbonyl (C=O) groups is 1. The van der Waals surface area contributed by atoms with Crippen LogP contribution in [0.15, 0.2) is 53.1 Å². The third-order valence-corrected chi connectivity index (χ3v) is 5.05. The summed E-state index contributed by atoms with van der Waals surface area (Å²) in [5.41, 5.74) is 4.24. The molecule has 0 saturated heterocycles. The van der Waals surface area contributed by atoms with Gasteiger partial charge in [0.25, 0.3) is 0 Å². The van der Waals surface area contributed by atoms with Gasteiger partial charge in [-0.25, -0.2) is 4.98 Å². The van der Waals surface area contributed by atoms with Crippen LogP contribution in [0.1, 0.15) is 17.8 Å². The maximum absolute atomic E-state index is 11.1. The molecule has 0 spiro atoms. The monoisotopic (exact) mass is 434 g/mol. The van der Waals surface area contributed by atoms with Crippen molar-refractivity contribution in [1.29, 1.82) is 5.26 Å². The molecule has 28 heavy (non-hydrogen) atoms. The lowest BCUT2D eigenvalue weighted by Crippen LogP contribution is -2.05. The number of benzene rings is 2. The lowest BCUT2D eigenvalue weighted by molar-refractivity contribution is -0.137. The summed E-state index contributed by atoms with van der Waals surface area (Å²) in [6, 6.07) is 15.7. The van der Waals surface area contributed by atoms with Crippen molar-refractivity contribution in [2.75, 3.05) is 0 Å². The van der Waals surface area contributed by atoms with Crippen LogP contribution in [0.25, 0.3) is 27.6 Å². The molecule has 0 aliphatic rings. The van der Waals surface area contributed by atoms with Gasteiger partial charge in [0.15, 0.2) is 0 Å². The SMILES string of the molecule is N#CCc1ccc(-n2c(CCC(=O)O)nc3cnc4ccc(Br)cc4c32)cc1. The molecule has 2 aromatic carbocycles. The van der Waals surface area contributed by atoms with Crippen molar-refractivity contribution < 1.29 is 9.90 Å². The summed E-state index contributed by atoms with van der Waals surface area (Å²) in [6.07, 6.45) is 2.36. The lowest BCUT2D eigenvalue weighted by Gasteiger charge is -2.11. The molecule has 2 aromatic heterocycles. The minimum absolute atomic E-state index is 0.00903. The Kier molecular flexibility index (Phi) is 4.80. The fraction of sp³-hybridized carbons (Fsp3) is 0.143. The highest BCUT2D eigenvalue weighted by molar-refractivity contribution is 9.10. The van der Waals surface area contributed by atoms with E-state index >= 15 is 0 Å². The van der Waals surface area contributed by atoms with E-state index in [0.29, 0.717) is 24.2 Å². The van der Waals surface area contributed by atoms with Crippen LogP contribution < -0.4 is 0 Å². The number of fused-ring (bicyclic) bond motifs is 3. The molecule has 138 valence electrons. The highest BCUT2D eigenvalue weighted by atomic mass is 79.9. The van der Waals surface area contributed by atoms with E-state index in [1.165, 1.54) is 0 Å². The van der Waals surface area contributed by atoms with Crippen molar-refractivity contribution >= 4 is 43.8 Å². The Morgan fingerprint density at radius 1 is 1.18 bits per heavy atom. The van der Waals surface area contributed by atoms with Crippen LogP contribution in [0.4, 0.5) is 0 Å². The zero-order chi connectivity index (χ0) is 19.7. The third-order valence-electron chi connectivity index (χ3n) is 4.55. The van der Waals surface area contributed by atoms with Gasteiger partial charge < -0.3 is 5.11 Å². The van der Waals surface area contributed by atoms with E-state index in [9.17, 15) is 4.79 Å². The molecule has 1 N–H and O–H groups in total. The molecule has 0 atom stereocenters. The predicted octanol–water partition coefficient (Wildman–Crippen LogP) is 4.42. The number of imidazole rings is 1. The summed E-state index contributed by atoms with van der Waals surface area (Å²) < 4.78 is 2.92. The third kappa shape index (κ3) is 3.35. The fourth-order valence-corrected chi connectivity index (χ4v) is 3.66. The number of hydrogen-bond donors (Lipinski definition) is 1. The first-order valence-corrected chi connectivity index (χ1v) is 9.50. The highest BCUT2D eigenvalue weighted by Gasteiger charge is 2.17. The van der Waals surface area contributed by atoms with Crippen molar-refractivity contribution in [3.63, 3.8) is 0 Å². The van der Waals surface area contributed by atoms with E-state index in [1.54, 1.807) is 6.20 Å². The number of aryl methyl sites for hydroxylation is 1. The van der Waals surface area contributed by atoms with Gasteiger partial charge in [-0.15, -0.1) is 0 Å². The molecule has 0 bridgehead atoms. The van der Waals surface area contributed by atoms with Crippen molar-refractivity contribution in [2.45, 2.75) is 19.3 Å². The number of aliphatic carboxylic acids is 1. The van der Waals surface area contributed by atoms with Crippen LogP contribution in [-0.4, -0.2) is 25.6 Å². The van der Waals surface area contributed by atoms with Gasteiger partial charge in [0.1, 0.15) is 11.3 Å². The maximum Gasteiger partial charge on any atom is 0.303 e. The first-order chi connectivity index (χ1) is 13.6.